The Morgan fingerprint density at radius 3 is 1.89 bits per heavy atom. The van der Waals surface area contributed by atoms with Crippen LogP contribution in [0.15, 0.2) is 24.3 Å². The average Bonchev–Trinajstić information content (AvgIpc) is 3.69. The van der Waals surface area contributed by atoms with Gasteiger partial charge in [0.15, 0.2) is 11.3 Å². The second-order valence-corrected chi connectivity index (χ2v) is 16.3. The first-order valence-electron chi connectivity index (χ1n) is 16.0. The number of ether oxygens (including phenoxy) is 3. The molecule has 0 radical (unpaired) electrons. The first kappa shape index (κ1) is 36.5. The summed E-state index contributed by atoms with van der Waals surface area (Å²) in [5, 5.41) is 30.0. The van der Waals surface area contributed by atoms with Crippen LogP contribution in [0.25, 0.3) is 0 Å². The quantitative estimate of drug-likeness (QED) is 0.106. The van der Waals surface area contributed by atoms with Crippen molar-refractivity contribution >= 4 is 47.6 Å². The summed E-state index contributed by atoms with van der Waals surface area (Å²) in [6.07, 6.45) is 8.24. The maximum absolute atomic E-state index is 13.7. The summed E-state index contributed by atoms with van der Waals surface area (Å²) >= 11 is 1.78. The van der Waals surface area contributed by atoms with Gasteiger partial charge in [-0.3, -0.25) is 28.8 Å². The van der Waals surface area contributed by atoms with Crippen molar-refractivity contribution < 1.29 is 58.3 Å². The highest BCUT2D eigenvalue weighted by molar-refractivity contribution is 8.01. The van der Waals surface area contributed by atoms with Gasteiger partial charge in [0.05, 0.1) is 0 Å². The molecule has 0 aromatic carbocycles. The number of fused-ring (bicyclic) bond motifs is 2. The van der Waals surface area contributed by atoms with E-state index < -0.39 is 94.5 Å². The minimum Gasteiger partial charge on any atom is -0.481 e. The second-order valence-electron chi connectivity index (χ2n) is 14.9. The van der Waals surface area contributed by atoms with Crippen LogP contribution < -0.4 is 0 Å². The monoisotopic (exact) mass is 678 g/mol. The number of esters is 3. The summed E-state index contributed by atoms with van der Waals surface area (Å²) in [5.41, 5.74) is -5.37. The molecule has 4 rings (SSSR count). The Morgan fingerprint density at radius 2 is 1.40 bits per heavy atom. The van der Waals surface area contributed by atoms with E-state index in [2.05, 4.69) is 12.2 Å². The van der Waals surface area contributed by atoms with Crippen LogP contribution in [0.4, 0.5) is 0 Å². The number of aliphatic carboxylic acids is 3. The number of carboxylic acids is 3. The Balaban J connectivity index is 1.49. The number of hydrogen-bond donors (Lipinski definition) is 3. The minimum atomic E-state index is -2.00. The summed E-state index contributed by atoms with van der Waals surface area (Å²) in [6.45, 7) is 10.1. The number of thioether (sulfide) groups is 1. The van der Waals surface area contributed by atoms with Crippen molar-refractivity contribution in [3.05, 3.63) is 24.3 Å². The van der Waals surface area contributed by atoms with Gasteiger partial charge in [-0.25, -0.2) is 0 Å². The van der Waals surface area contributed by atoms with Gasteiger partial charge in [-0.1, -0.05) is 24.3 Å². The Hall–Kier alpha value is -3.35. The van der Waals surface area contributed by atoms with Gasteiger partial charge in [-0.15, -0.1) is 11.8 Å². The molecule has 47 heavy (non-hydrogen) atoms. The van der Waals surface area contributed by atoms with Crippen molar-refractivity contribution in [1.82, 2.24) is 0 Å². The molecule has 0 spiro atoms. The molecule has 0 aromatic rings. The first-order valence-corrected chi connectivity index (χ1v) is 17.0. The molecule has 8 unspecified atom stereocenters. The van der Waals surface area contributed by atoms with Gasteiger partial charge in [0.2, 0.25) is 0 Å². The molecule has 1 saturated heterocycles. The van der Waals surface area contributed by atoms with Crippen LogP contribution >= 0.6 is 11.8 Å². The topological polar surface area (TPSA) is 191 Å². The number of carbonyl (C=O) groups excluding carboxylic acids is 3. The van der Waals surface area contributed by atoms with Crippen LogP contribution in [0.2, 0.25) is 0 Å². The first-order chi connectivity index (χ1) is 21.7. The van der Waals surface area contributed by atoms with Gasteiger partial charge in [-0.2, -0.15) is 0 Å². The fourth-order valence-corrected chi connectivity index (χ4v) is 9.69. The van der Waals surface area contributed by atoms with Crippen molar-refractivity contribution in [3.63, 3.8) is 0 Å². The molecule has 3 N–H and O–H groups in total. The molecule has 0 aromatic heterocycles. The molecule has 260 valence electrons. The van der Waals surface area contributed by atoms with Crippen LogP contribution in [-0.4, -0.2) is 78.4 Å². The van der Waals surface area contributed by atoms with Gasteiger partial charge in [-0.05, 0) is 86.0 Å². The van der Waals surface area contributed by atoms with E-state index in [1.807, 2.05) is 12.2 Å². The Labute approximate surface area is 278 Å². The summed E-state index contributed by atoms with van der Waals surface area (Å²) in [6, 6.07) is 0. The maximum Gasteiger partial charge on any atom is 0.324 e. The fraction of sp³-hybridized carbons (Fsp3) is 0.706. The van der Waals surface area contributed by atoms with Crippen LogP contribution in [-0.2, 0) is 43.0 Å². The lowest BCUT2D eigenvalue weighted by molar-refractivity contribution is -0.188. The highest BCUT2D eigenvalue weighted by atomic mass is 32.2. The number of carboxylic acid groups (broad SMARTS) is 3. The predicted octanol–water partition coefficient (Wildman–Crippen LogP) is 4.64. The molecule has 2 aliphatic carbocycles. The van der Waals surface area contributed by atoms with Crippen molar-refractivity contribution in [3.8, 4) is 0 Å². The lowest BCUT2D eigenvalue weighted by Crippen LogP contribution is -2.51. The zero-order valence-electron chi connectivity index (χ0n) is 27.7. The van der Waals surface area contributed by atoms with Gasteiger partial charge in [0.25, 0.3) is 0 Å². The highest BCUT2D eigenvalue weighted by Gasteiger charge is 2.59. The molecule has 12 nitrogen and oxygen atoms in total. The van der Waals surface area contributed by atoms with Gasteiger partial charge < -0.3 is 29.5 Å². The number of allylic oxidation sites excluding steroid dienone is 2. The van der Waals surface area contributed by atoms with E-state index in [0.717, 1.165) is 6.42 Å². The third-order valence-electron chi connectivity index (χ3n) is 10.6. The van der Waals surface area contributed by atoms with Crippen LogP contribution in [0.5, 0.6) is 0 Å². The van der Waals surface area contributed by atoms with Crippen LogP contribution in [0.3, 0.4) is 0 Å². The zero-order valence-corrected chi connectivity index (χ0v) is 28.5. The van der Waals surface area contributed by atoms with Gasteiger partial charge in [0, 0.05) is 28.3 Å². The molecule has 2 aliphatic heterocycles. The van der Waals surface area contributed by atoms with E-state index >= 15 is 0 Å². The van der Waals surface area contributed by atoms with E-state index in [1.165, 1.54) is 0 Å². The van der Waals surface area contributed by atoms with E-state index in [1.54, 1.807) is 53.3 Å². The molecule has 0 amide bonds. The zero-order chi connectivity index (χ0) is 35.1. The molecule has 2 fully saturated rings. The molecular formula is C34H46O12S. The Morgan fingerprint density at radius 1 is 0.830 bits per heavy atom. The number of rotatable bonds is 13. The van der Waals surface area contributed by atoms with E-state index in [9.17, 15) is 39.0 Å². The SMILES string of the molecule is CC(C)(OC(=O)C1(C(=O)O)CCC(C(C(=O)O)C(=O)OC(C)(C)C2CC=CCC2C(C)(C)OC(=O)CC(=O)O)C1)C1CC2C=CC1S2. The molecule has 2 heterocycles. The van der Waals surface area contributed by atoms with Crippen molar-refractivity contribution in [2.45, 2.75) is 114 Å². The molecule has 1 saturated carbocycles. The largest absolute Gasteiger partial charge is 0.481 e. The third kappa shape index (κ3) is 7.54. The highest BCUT2D eigenvalue weighted by Crippen LogP contribution is 2.52. The standard InChI is InChI=1S/C34H46O12S/c1-31(2,44-25(37)16-24(35)36)20-9-7-8-10-21(20)32(3,4)45-28(40)26(27(38)39)18-13-14-34(17-18,29(41)42)30(43)46-33(5,6)22-15-19-11-12-23(22)47-19/h7-8,11-12,18-23,26H,9-10,13-17H2,1-6H3,(H,35,36)(H,38,39)(H,41,42). The summed E-state index contributed by atoms with van der Waals surface area (Å²) in [5.74, 6) is -10.7. The second kappa shape index (κ2) is 13.3. The smallest absolute Gasteiger partial charge is 0.324 e. The van der Waals surface area contributed by atoms with Crippen molar-refractivity contribution in [1.29, 1.82) is 0 Å². The Kier molecular flexibility index (Phi) is 10.3. The lowest BCUT2D eigenvalue weighted by Gasteiger charge is -2.46. The predicted molar refractivity (Wildman–Crippen MR) is 169 cm³/mol. The summed E-state index contributed by atoms with van der Waals surface area (Å²) in [7, 11) is 0. The Bertz CT molecular complexity index is 1360. The minimum absolute atomic E-state index is 0.00241. The van der Waals surface area contributed by atoms with Crippen LogP contribution in [0, 0.1) is 35.0 Å². The summed E-state index contributed by atoms with van der Waals surface area (Å²) in [4.78, 5) is 75.8. The normalized spacial score (nSPS) is 30.9. The van der Waals surface area contributed by atoms with E-state index in [0.29, 0.717) is 18.1 Å². The average molecular weight is 679 g/mol. The third-order valence-corrected chi connectivity index (χ3v) is 12.1. The molecular weight excluding hydrogens is 632 g/mol. The maximum atomic E-state index is 13.7. The fourth-order valence-electron chi connectivity index (χ4n) is 7.97. The molecule has 4 aliphatic rings. The van der Waals surface area contributed by atoms with Crippen LogP contribution in [0.1, 0.15) is 86.5 Å². The van der Waals surface area contributed by atoms with Crippen molar-refractivity contribution in [2.75, 3.05) is 0 Å². The lowest BCUT2D eigenvalue weighted by atomic mass is 9.67. The molecule has 13 heteroatoms. The molecule has 2 bridgehead atoms. The van der Waals surface area contributed by atoms with E-state index in [4.69, 9.17) is 19.3 Å². The van der Waals surface area contributed by atoms with Crippen molar-refractivity contribution in [2.24, 2.45) is 35.0 Å². The van der Waals surface area contributed by atoms with Gasteiger partial charge >= 0.3 is 35.8 Å². The van der Waals surface area contributed by atoms with E-state index in [-0.39, 0.29) is 24.0 Å². The van der Waals surface area contributed by atoms with Gasteiger partial charge in [0.1, 0.15) is 23.2 Å². The summed E-state index contributed by atoms with van der Waals surface area (Å²) < 4.78 is 17.4. The number of carbonyl (C=O) groups is 6. The number of hydrogen-bond acceptors (Lipinski definition) is 10. The molecule has 8 atom stereocenters.